The normalized spacial score (nSPS) is 12.9. The SMILES string of the molecule is CCC(CO)Cc1c(C)cc(C)cc1C. The van der Waals surface area contributed by atoms with Gasteiger partial charge in [0.1, 0.15) is 0 Å². The first-order valence-electron chi connectivity index (χ1n) is 5.76. The Labute approximate surface area is 93.1 Å². The summed E-state index contributed by atoms with van der Waals surface area (Å²) in [6, 6.07) is 4.46. The monoisotopic (exact) mass is 206 g/mol. The highest BCUT2D eigenvalue weighted by Gasteiger charge is 2.10. The minimum atomic E-state index is 0.295. The summed E-state index contributed by atoms with van der Waals surface area (Å²) in [5, 5.41) is 9.22. The molecule has 1 aromatic rings. The van der Waals surface area contributed by atoms with E-state index in [-0.39, 0.29) is 0 Å². The number of aliphatic hydroxyl groups excluding tert-OH is 1. The molecule has 1 heteroatoms. The van der Waals surface area contributed by atoms with Gasteiger partial charge in [-0.05, 0) is 49.8 Å². The van der Waals surface area contributed by atoms with Crippen LogP contribution in [0.15, 0.2) is 12.1 Å². The van der Waals surface area contributed by atoms with Gasteiger partial charge in [-0.1, -0.05) is 31.0 Å². The molecule has 0 aliphatic carbocycles. The summed E-state index contributed by atoms with van der Waals surface area (Å²) in [5.41, 5.74) is 5.46. The van der Waals surface area contributed by atoms with Crippen LogP contribution in [-0.4, -0.2) is 11.7 Å². The van der Waals surface area contributed by atoms with E-state index in [1.54, 1.807) is 0 Å². The number of hydrogen-bond acceptors (Lipinski definition) is 1. The lowest BCUT2D eigenvalue weighted by Gasteiger charge is -2.16. The standard InChI is InChI=1S/C14H22O/c1-5-13(9-15)8-14-11(3)6-10(2)7-12(14)4/h6-7,13,15H,5,8-9H2,1-4H3. The molecular weight excluding hydrogens is 184 g/mol. The first kappa shape index (κ1) is 12.3. The predicted octanol–water partition coefficient (Wildman–Crippen LogP) is 3.17. The Kier molecular flexibility index (Phi) is 4.34. The minimum Gasteiger partial charge on any atom is -0.396 e. The Hall–Kier alpha value is -0.820. The quantitative estimate of drug-likeness (QED) is 0.802. The Bertz CT molecular complexity index is 301. The van der Waals surface area contributed by atoms with E-state index in [0.29, 0.717) is 12.5 Å². The number of benzene rings is 1. The zero-order chi connectivity index (χ0) is 11.4. The van der Waals surface area contributed by atoms with Crippen molar-refractivity contribution >= 4 is 0 Å². The van der Waals surface area contributed by atoms with E-state index in [9.17, 15) is 5.11 Å². The highest BCUT2D eigenvalue weighted by Crippen LogP contribution is 2.21. The van der Waals surface area contributed by atoms with Gasteiger partial charge in [0.05, 0.1) is 0 Å². The van der Waals surface area contributed by atoms with Crippen molar-refractivity contribution in [3.63, 3.8) is 0 Å². The molecule has 0 saturated heterocycles. The fourth-order valence-corrected chi connectivity index (χ4v) is 2.16. The minimum absolute atomic E-state index is 0.295. The first-order valence-corrected chi connectivity index (χ1v) is 5.76. The molecule has 0 radical (unpaired) electrons. The molecule has 1 nitrogen and oxygen atoms in total. The van der Waals surface area contributed by atoms with Crippen LogP contribution in [0.25, 0.3) is 0 Å². The molecule has 1 atom stereocenters. The van der Waals surface area contributed by atoms with E-state index >= 15 is 0 Å². The van der Waals surface area contributed by atoms with Crippen LogP contribution in [0.3, 0.4) is 0 Å². The second-order valence-corrected chi connectivity index (χ2v) is 4.54. The van der Waals surface area contributed by atoms with E-state index in [1.807, 2.05) is 0 Å². The fraction of sp³-hybridized carbons (Fsp3) is 0.571. The lowest BCUT2D eigenvalue weighted by molar-refractivity contribution is 0.222. The maximum absolute atomic E-state index is 9.22. The third-order valence-corrected chi connectivity index (χ3v) is 3.17. The number of hydrogen-bond donors (Lipinski definition) is 1. The topological polar surface area (TPSA) is 20.2 Å². The highest BCUT2D eigenvalue weighted by molar-refractivity contribution is 5.37. The molecule has 15 heavy (non-hydrogen) atoms. The van der Waals surface area contributed by atoms with Crippen molar-refractivity contribution in [2.45, 2.75) is 40.5 Å². The molecule has 84 valence electrons. The van der Waals surface area contributed by atoms with Gasteiger partial charge < -0.3 is 5.11 Å². The molecule has 0 bridgehead atoms. The van der Waals surface area contributed by atoms with E-state index in [2.05, 4.69) is 39.8 Å². The van der Waals surface area contributed by atoms with E-state index in [4.69, 9.17) is 0 Å². The molecule has 0 amide bonds. The molecule has 0 aliphatic heterocycles. The average Bonchev–Trinajstić information content (AvgIpc) is 2.17. The maximum atomic E-state index is 9.22. The molecule has 0 spiro atoms. The zero-order valence-electron chi connectivity index (χ0n) is 10.3. The Balaban J connectivity index is 2.94. The van der Waals surface area contributed by atoms with Gasteiger partial charge in [-0.15, -0.1) is 0 Å². The van der Waals surface area contributed by atoms with Gasteiger partial charge in [0.2, 0.25) is 0 Å². The average molecular weight is 206 g/mol. The van der Waals surface area contributed by atoms with Crippen LogP contribution in [0, 0.1) is 26.7 Å². The van der Waals surface area contributed by atoms with Crippen molar-refractivity contribution in [3.8, 4) is 0 Å². The molecule has 0 saturated carbocycles. The first-order chi connectivity index (χ1) is 7.08. The Morgan fingerprint density at radius 1 is 1.13 bits per heavy atom. The van der Waals surface area contributed by atoms with Crippen LogP contribution in [0.4, 0.5) is 0 Å². The van der Waals surface area contributed by atoms with Crippen molar-refractivity contribution in [3.05, 3.63) is 34.4 Å². The summed E-state index contributed by atoms with van der Waals surface area (Å²) in [5.74, 6) is 0.408. The second kappa shape index (κ2) is 5.32. The molecule has 1 N–H and O–H groups in total. The smallest absolute Gasteiger partial charge is 0.0462 e. The summed E-state index contributed by atoms with van der Waals surface area (Å²) < 4.78 is 0. The molecule has 0 fully saturated rings. The summed E-state index contributed by atoms with van der Waals surface area (Å²) in [7, 11) is 0. The molecule has 1 aromatic carbocycles. The van der Waals surface area contributed by atoms with Crippen molar-refractivity contribution < 1.29 is 5.11 Å². The Morgan fingerprint density at radius 2 is 1.67 bits per heavy atom. The fourth-order valence-electron chi connectivity index (χ4n) is 2.16. The molecule has 0 aromatic heterocycles. The third-order valence-electron chi connectivity index (χ3n) is 3.17. The second-order valence-electron chi connectivity index (χ2n) is 4.54. The van der Waals surface area contributed by atoms with Crippen LogP contribution in [-0.2, 0) is 6.42 Å². The van der Waals surface area contributed by atoms with Gasteiger partial charge in [-0.3, -0.25) is 0 Å². The lowest BCUT2D eigenvalue weighted by atomic mass is 9.90. The van der Waals surface area contributed by atoms with Crippen LogP contribution in [0.2, 0.25) is 0 Å². The summed E-state index contributed by atoms with van der Waals surface area (Å²) in [6.07, 6.45) is 2.05. The number of rotatable bonds is 4. The number of aryl methyl sites for hydroxylation is 3. The van der Waals surface area contributed by atoms with E-state index < -0.39 is 0 Å². The van der Waals surface area contributed by atoms with Crippen molar-refractivity contribution in [2.75, 3.05) is 6.61 Å². The van der Waals surface area contributed by atoms with Gasteiger partial charge in [-0.2, -0.15) is 0 Å². The van der Waals surface area contributed by atoms with Crippen LogP contribution < -0.4 is 0 Å². The van der Waals surface area contributed by atoms with Crippen molar-refractivity contribution in [2.24, 2.45) is 5.92 Å². The van der Waals surface area contributed by atoms with Crippen LogP contribution in [0.5, 0.6) is 0 Å². The predicted molar refractivity (Wildman–Crippen MR) is 65.2 cm³/mol. The van der Waals surface area contributed by atoms with Crippen LogP contribution >= 0.6 is 0 Å². The molecule has 0 heterocycles. The van der Waals surface area contributed by atoms with Crippen molar-refractivity contribution in [1.82, 2.24) is 0 Å². The van der Waals surface area contributed by atoms with Gasteiger partial charge in [0.15, 0.2) is 0 Å². The summed E-state index contributed by atoms with van der Waals surface area (Å²) in [6.45, 7) is 8.90. The summed E-state index contributed by atoms with van der Waals surface area (Å²) in [4.78, 5) is 0. The molecule has 1 rings (SSSR count). The summed E-state index contributed by atoms with van der Waals surface area (Å²) >= 11 is 0. The number of aliphatic hydroxyl groups is 1. The van der Waals surface area contributed by atoms with Gasteiger partial charge in [0, 0.05) is 6.61 Å². The van der Waals surface area contributed by atoms with E-state index in [0.717, 1.165) is 12.8 Å². The third kappa shape index (κ3) is 3.07. The van der Waals surface area contributed by atoms with Gasteiger partial charge in [-0.25, -0.2) is 0 Å². The van der Waals surface area contributed by atoms with Crippen molar-refractivity contribution in [1.29, 1.82) is 0 Å². The zero-order valence-corrected chi connectivity index (χ0v) is 10.3. The van der Waals surface area contributed by atoms with Gasteiger partial charge in [0.25, 0.3) is 0 Å². The lowest BCUT2D eigenvalue weighted by Crippen LogP contribution is -2.10. The largest absolute Gasteiger partial charge is 0.396 e. The molecule has 0 aliphatic rings. The maximum Gasteiger partial charge on any atom is 0.0462 e. The molecule has 1 unspecified atom stereocenters. The van der Waals surface area contributed by atoms with Crippen LogP contribution in [0.1, 0.15) is 35.6 Å². The highest BCUT2D eigenvalue weighted by atomic mass is 16.3. The molecular formula is C14H22O. The van der Waals surface area contributed by atoms with Gasteiger partial charge >= 0.3 is 0 Å². The Morgan fingerprint density at radius 3 is 2.07 bits per heavy atom. The van der Waals surface area contributed by atoms with E-state index in [1.165, 1.54) is 22.3 Å².